The topological polar surface area (TPSA) is 21.6 Å². The molecule has 0 aliphatic carbocycles. The molecule has 19 heavy (non-hydrogen) atoms. The lowest BCUT2D eigenvalue weighted by molar-refractivity contribution is 0.182. The molecule has 0 amide bonds. The quantitative estimate of drug-likeness (QED) is 0.743. The largest absolute Gasteiger partial charge is 0.382 e. The van der Waals surface area contributed by atoms with E-state index in [1.165, 1.54) is 11.1 Å². The number of hydrogen-bond donors (Lipinski definition) is 0. The van der Waals surface area contributed by atoms with Gasteiger partial charge < -0.3 is 4.74 Å². The molecule has 0 unspecified atom stereocenters. The fraction of sp³-hybridized carbons (Fsp3) is 0.235. The number of aryl methyl sites for hydroxylation is 1. The highest BCUT2D eigenvalue weighted by Gasteiger charge is 2.07. The normalized spacial score (nSPS) is 12.7. The van der Waals surface area contributed by atoms with Crippen LogP contribution in [0.15, 0.2) is 59.6 Å². The third kappa shape index (κ3) is 4.04. The molecule has 2 rings (SSSR count). The summed E-state index contributed by atoms with van der Waals surface area (Å²) in [7, 11) is 1.71. The van der Waals surface area contributed by atoms with E-state index in [1.807, 2.05) is 24.4 Å². The Bertz CT molecular complexity index is 517. The summed E-state index contributed by atoms with van der Waals surface area (Å²) in [6, 6.07) is 18.6. The lowest BCUT2D eigenvalue weighted by Crippen LogP contribution is -2.04. The van der Waals surface area contributed by atoms with E-state index in [9.17, 15) is 0 Å². The van der Waals surface area contributed by atoms with Gasteiger partial charge in [0.15, 0.2) is 0 Å². The lowest BCUT2D eigenvalue weighted by atomic mass is 10.1. The van der Waals surface area contributed by atoms with E-state index in [1.54, 1.807) is 7.11 Å². The number of aliphatic imine (C=N–C) groups is 1. The summed E-state index contributed by atoms with van der Waals surface area (Å²) in [6.45, 7) is 2.67. The summed E-state index contributed by atoms with van der Waals surface area (Å²) in [5, 5.41) is 0. The minimum atomic E-state index is 0.0486. The van der Waals surface area contributed by atoms with Gasteiger partial charge in [0.1, 0.15) is 0 Å². The monoisotopic (exact) mass is 253 g/mol. The maximum absolute atomic E-state index is 5.25. The summed E-state index contributed by atoms with van der Waals surface area (Å²) in [6.07, 6.45) is 1.91. The predicted molar refractivity (Wildman–Crippen MR) is 79.8 cm³/mol. The molecule has 0 aromatic heterocycles. The van der Waals surface area contributed by atoms with Gasteiger partial charge in [-0.25, -0.2) is 0 Å². The van der Waals surface area contributed by atoms with Crippen LogP contribution in [0.5, 0.6) is 0 Å². The van der Waals surface area contributed by atoms with Gasteiger partial charge in [-0.15, -0.1) is 0 Å². The second-order valence-corrected chi connectivity index (χ2v) is 4.57. The standard InChI is InChI=1S/C17H19NO/c1-14-8-10-15(11-9-14)12-18-17(13-19-2)16-6-4-3-5-7-16/h3-12,17H,13H2,1-2H3/t17-/m0/s1. The van der Waals surface area contributed by atoms with Crippen molar-refractivity contribution in [3.8, 4) is 0 Å². The first-order chi connectivity index (χ1) is 9.29. The van der Waals surface area contributed by atoms with Gasteiger partial charge in [0, 0.05) is 13.3 Å². The van der Waals surface area contributed by atoms with Gasteiger partial charge in [-0.3, -0.25) is 4.99 Å². The van der Waals surface area contributed by atoms with E-state index in [-0.39, 0.29) is 6.04 Å². The molecule has 0 heterocycles. The van der Waals surface area contributed by atoms with Gasteiger partial charge in [0.25, 0.3) is 0 Å². The molecule has 2 aromatic rings. The van der Waals surface area contributed by atoms with Gasteiger partial charge in [-0.05, 0) is 18.1 Å². The maximum Gasteiger partial charge on any atom is 0.0982 e. The molecule has 0 spiro atoms. The zero-order chi connectivity index (χ0) is 13.5. The number of nitrogens with zero attached hydrogens (tertiary/aromatic N) is 1. The number of methoxy groups -OCH3 is 1. The Morgan fingerprint density at radius 2 is 1.74 bits per heavy atom. The highest BCUT2D eigenvalue weighted by atomic mass is 16.5. The van der Waals surface area contributed by atoms with Crippen molar-refractivity contribution in [3.05, 3.63) is 71.3 Å². The second-order valence-electron chi connectivity index (χ2n) is 4.57. The molecule has 0 aliphatic rings. The summed E-state index contributed by atoms with van der Waals surface area (Å²) < 4.78 is 5.25. The Hall–Kier alpha value is -1.93. The third-order valence-corrected chi connectivity index (χ3v) is 2.99. The Morgan fingerprint density at radius 1 is 1.05 bits per heavy atom. The minimum Gasteiger partial charge on any atom is -0.382 e. The maximum atomic E-state index is 5.25. The molecule has 0 bridgehead atoms. The number of benzene rings is 2. The molecule has 0 aliphatic heterocycles. The van der Waals surface area contributed by atoms with Crippen molar-refractivity contribution < 1.29 is 4.74 Å². The van der Waals surface area contributed by atoms with Gasteiger partial charge in [-0.1, -0.05) is 60.2 Å². The van der Waals surface area contributed by atoms with Crippen molar-refractivity contribution >= 4 is 6.21 Å². The number of rotatable bonds is 5. The van der Waals surface area contributed by atoms with Crippen molar-refractivity contribution in [2.24, 2.45) is 4.99 Å². The van der Waals surface area contributed by atoms with Crippen LogP contribution < -0.4 is 0 Å². The first-order valence-corrected chi connectivity index (χ1v) is 6.43. The van der Waals surface area contributed by atoms with Crippen LogP contribution in [0.1, 0.15) is 22.7 Å². The SMILES string of the molecule is COC[C@H](N=Cc1ccc(C)cc1)c1ccccc1. The molecule has 2 nitrogen and oxygen atoms in total. The smallest absolute Gasteiger partial charge is 0.0982 e. The van der Waals surface area contributed by atoms with Crippen molar-refractivity contribution in [2.75, 3.05) is 13.7 Å². The summed E-state index contributed by atoms with van der Waals surface area (Å²) in [5.41, 5.74) is 3.55. The molecular formula is C17H19NO. The summed E-state index contributed by atoms with van der Waals surface area (Å²) in [5.74, 6) is 0. The Balaban J connectivity index is 2.14. The molecule has 0 N–H and O–H groups in total. The van der Waals surface area contributed by atoms with Crippen LogP contribution in [-0.2, 0) is 4.74 Å². The fourth-order valence-corrected chi connectivity index (χ4v) is 1.89. The average molecular weight is 253 g/mol. The van der Waals surface area contributed by atoms with E-state index in [0.29, 0.717) is 6.61 Å². The minimum absolute atomic E-state index is 0.0486. The van der Waals surface area contributed by atoms with Crippen molar-refractivity contribution in [1.82, 2.24) is 0 Å². The predicted octanol–water partition coefficient (Wildman–Crippen LogP) is 3.80. The van der Waals surface area contributed by atoms with E-state index in [0.717, 1.165) is 5.56 Å². The number of hydrogen-bond acceptors (Lipinski definition) is 2. The van der Waals surface area contributed by atoms with Crippen LogP contribution in [0.3, 0.4) is 0 Å². The van der Waals surface area contributed by atoms with Crippen LogP contribution in [0, 0.1) is 6.92 Å². The molecule has 0 saturated heterocycles. The van der Waals surface area contributed by atoms with Gasteiger partial charge in [-0.2, -0.15) is 0 Å². The summed E-state index contributed by atoms with van der Waals surface area (Å²) >= 11 is 0. The van der Waals surface area contributed by atoms with E-state index >= 15 is 0 Å². The Labute approximate surface area is 114 Å². The molecule has 2 aromatic carbocycles. The van der Waals surface area contributed by atoms with Crippen LogP contribution >= 0.6 is 0 Å². The molecular weight excluding hydrogens is 234 g/mol. The van der Waals surface area contributed by atoms with E-state index in [2.05, 4.69) is 48.3 Å². The van der Waals surface area contributed by atoms with Gasteiger partial charge in [0.2, 0.25) is 0 Å². The van der Waals surface area contributed by atoms with Gasteiger partial charge >= 0.3 is 0 Å². The first kappa shape index (κ1) is 13.5. The zero-order valence-electron chi connectivity index (χ0n) is 11.4. The zero-order valence-corrected chi connectivity index (χ0v) is 11.4. The van der Waals surface area contributed by atoms with Gasteiger partial charge in [0.05, 0.1) is 12.6 Å². The van der Waals surface area contributed by atoms with Crippen LogP contribution in [0.4, 0.5) is 0 Å². The molecule has 98 valence electrons. The highest BCUT2D eigenvalue weighted by molar-refractivity contribution is 5.79. The van der Waals surface area contributed by atoms with E-state index < -0.39 is 0 Å². The Morgan fingerprint density at radius 3 is 2.37 bits per heavy atom. The van der Waals surface area contributed by atoms with Crippen molar-refractivity contribution in [1.29, 1.82) is 0 Å². The summed E-state index contributed by atoms with van der Waals surface area (Å²) in [4.78, 5) is 4.63. The van der Waals surface area contributed by atoms with Crippen LogP contribution in [-0.4, -0.2) is 19.9 Å². The number of ether oxygens (including phenoxy) is 1. The highest BCUT2D eigenvalue weighted by Crippen LogP contribution is 2.17. The molecule has 1 atom stereocenters. The molecule has 0 radical (unpaired) electrons. The molecule has 0 fully saturated rings. The van der Waals surface area contributed by atoms with Crippen LogP contribution in [0.2, 0.25) is 0 Å². The molecule has 2 heteroatoms. The first-order valence-electron chi connectivity index (χ1n) is 6.43. The average Bonchev–Trinajstić information content (AvgIpc) is 2.46. The van der Waals surface area contributed by atoms with Crippen molar-refractivity contribution in [3.63, 3.8) is 0 Å². The van der Waals surface area contributed by atoms with E-state index in [4.69, 9.17) is 4.74 Å². The third-order valence-electron chi connectivity index (χ3n) is 2.99. The van der Waals surface area contributed by atoms with Crippen LogP contribution in [0.25, 0.3) is 0 Å². The second kappa shape index (κ2) is 6.86. The molecule has 0 saturated carbocycles. The van der Waals surface area contributed by atoms with Crippen molar-refractivity contribution in [2.45, 2.75) is 13.0 Å². The fourth-order valence-electron chi connectivity index (χ4n) is 1.89. The Kier molecular flexibility index (Phi) is 4.87. The lowest BCUT2D eigenvalue weighted by Gasteiger charge is -2.11.